The van der Waals surface area contributed by atoms with Crippen molar-refractivity contribution < 1.29 is 9.84 Å². The number of hydrogen-bond donors (Lipinski definition) is 1. The summed E-state index contributed by atoms with van der Waals surface area (Å²) in [6.07, 6.45) is 6.75. The quantitative estimate of drug-likeness (QED) is 0.835. The Balaban J connectivity index is 1.49. The van der Waals surface area contributed by atoms with Gasteiger partial charge >= 0.3 is 0 Å². The Morgan fingerprint density at radius 2 is 2.16 bits per heavy atom. The first kappa shape index (κ1) is 17.5. The molecule has 0 spiro atoms. The second-order valence-electron chi connectivity index (χ2n) is 6.47. The van der Waals surface area contributed by atoms with E-state index in [-0.39, 0.29) is 6.61 Å². The number of nitrogens with zero attached hydrogens (tertiary/aromatic N) is 4. The summed E-state index contributed by atoms with van der Waals surface area (Å²) >= 11 is 0. The van der Waals surface area contributed by atoms with E-state index in [0.717, 1.165) is 19.5 Å². The minimum absolute atomic E-state index is 0.247. The lowest BCUT2D eigenvalue weighted by atomic mass is 10.0. The number of nitriles is 1. The predicted molar refractivity (Wildman–Crippen MR) is 94.1 cm³/mol. The number of likely N-dealkylation sites (tertiary alicyclic amines) is 1. The Kier molecular flexibility index (Phi) is 6.04. The van der Waals surface area contributed by atoms with Crippen molar-refractivity contribution in [2.45, 2.75) is 38.0 Å². The van der Waals surface area contributed by atoms with Gasteiger partial charge in [-0.15, -0.1) is 0 Å². The van der Waals surface area contributed by atoms with Gasteiger partial charge in [0.25, 0.3) is 0 Å². The van der Waals surface area contributed by atoms with Crippen LogP contribution < -0.4 is 4.74 Å². The van der Waals surface area contributed by atoms with Crippen molar-refractivity contribution in [3.8, 4) is 11.8 Å². The molecule has 0 amide bonds. The maximum Gasteiger partial charge on any atom is 0.119 e. The molecule has 25 heavy (non-hydrogen) atoms. The summed E-state index contributed by atoms with van der Waals surface area (Å²) in [7, 11) is 0. The number of benzene rings is 1. The molecule has 0 bridgehead atoms. The van der Waals surface area contributed by atoms with Crippen molar-refractivity contribution in [3.05, 3.63) is 48.3 Å². The number of aliphatic hydroxyl groups is 1. The zero-order valence-corrected chi connectivity index (χ0v) is 14.3. The van der Waals surface area contributed by atoms with Crippen LogP contribution in [0.3, 0.4) is 0 Å². The molecular weight excluding hydrogens is 316 g/mol. The van der Waals surface area contributed by atoms with Gasteiger partial charge in [-0.3, -0.25) is 9.58 Å². The van der Waals surface area contributed by atoms with Crippen LogP contribution in [0.1, 0.15) is 24.8 Å². The molecule has 3 rings (SSSR count). The highest BCUT2D eigenvalue weighted by molar-refractivity contribution is 5.34. The molecule has 2 heterocycles. The van der Waals surface area contributed by atoms with Crippen molar-refractivity contribution in [1.29, 1.82) is 5.26 Å². The van der Waals surface area contributed by atoms with Crippen LogP contribution in [0.2, 0.25) is 0 Å². The molecule has 132 valence electrons. The average Bonchev–Trinajstić information content (AvgIpc) is 3.15. The molecular formula is C19H24N4O2. The van der Waals surface area contributed by atoms with Gasteiger partial charge in [0.1, 0.15) is 18.5 Å². The SMILES string of the molecule is N#Cc1ccc(OC[C@@H](O)CN2CCCC[C@H]2Cn2cccn2)cc1. The van der Waals surface area contributed by atoms with Gasteiger partial charge < -0.3 is 9.84 Å². The first-order chi connectivity index (χ1) is 12.2. The highest BCUT2D eigenvalue weighted by Gasteiger charge is 2.25. The van der Waals surface area contributed by atoms with Gasteiger partial charge in [0.05, 0.1) is 18.2 Å². The van der Waals surface area contributed by atoms with Gasteiger partial charge in [-0.2, -0.15) is 10.4 Å². The molecule has 6 nitrogen and oxygen atoms in total. The third-order valence-electron chi connectivity index (χ3n) is 4.58. The molecule has 1 aliphatic heterocycles. The monoisotopic (exact) mass is 340 g/mol. The second-order valence-corrected chi connectivity index (χ2v) is 6.47. The van der Waals surface area contributed by atoms with Gasteiger partial charge in [-0.25, -0.2) is 0 Å². The number of aliphatic hydroxyl groups excluding tert-OH is 1. The highest BCUT2D eigenvalue weighted by atomic mass is 16.5. The normalized spacial score (nSPS) is 19.3. The Morgan fingerprint density at radius 1 is 1.32 bits per heavy atom. The van der Waals surface area contributed by atoms with Crippen molar-refractivity contribution in [1.82, 2.24) is 14.7 Å². The average molecular weight is 340 g/mol. The van der Waals surface area contributed by atoms with E-state index in [1.807, 2.05) is 16.9 Å². The van der Waals surface area contributed by atoms with Gasteiger partial charge in [-0.05, 0) is 49.7 Å². The molecule has 2 atom stereocenters. The van der Waals surface area contributed by atoms with Crippen LogP contribution in [0.5, 0.6) is 5.75 Å². The van der Waals surface area contributed by atoms with Gasteiger partial charge in [-0.1, -0.05) is 6.42 Å². The van der Waals surface area contributed by atoms with Crippen molar-refractivity contribution in [2.24, 2.45) is 0 Å². The lowest BCUT2D eigenvalue weighted by molar-refractivity contribution is 0.0345. The summed E-state index contributed by atoms with van der Waals surface area (Å²) in [6.45, 7) is 2.70. The number of aromatic nitrogens is 2. The molecule has 2 aromatic rings. The Hall–Kier alpha value is -2.36. The van der Waals surface area contributed by atoms with Crippen molar-refractivity contribution in [3.63, 3.8) is 0 Å². The fourth-order valence-electron chi connectivity index (χ4n) is 3.27. The van der Waals surface area contributed by atoms with Gasteiger partial charge in [0.15, 0.2) is 0 Å². The standard InChI is InChI=1S/C19H24N4O2/c20-12-16-5-7-19(8-6-16)25-15-18(24)14-22-10-2-1-4-17(22)13-23-11-3-9-21-23/h3,5-9,11,17-18,24H,1-2,4,10,13-15H2/t17-,18-/m0/s1. The number of β-amino-alcohol motifs (C(OH)–C–C–N with tert-alkyl or cyclic N) is 1. The molecule has 1 aromatic carbocycles. The summed E-state index contributed by atoms with van der Waals surface area (Å²) in [5, 5.41) is 23.5. The molecule has 1 aliphatic rings. The lowest BCUT2D eigenvalue weighted by Crippen LogP contribution is -2.46. The number of hydrogen-bond acceptors (Lipinski definition) is 5. The smallest absolute Gasteiger partial charge is 0.119 e. The Labute approximate surface area is 148 Å². The van der Waals surface area contributed by atoms with Crippen LogP contribution in [0.25, 0.3) is 0 Å². The largest absolute Gasteiger partial charge is 0.491 e. The van der Waals surface area contributed by atoms with Crippen LogP contribution in [0, 0.1) is 11.3 Å². The molecule has 0 unspecified atom stereocenters. The Bertz CT molecular complexity index is 678. The van der Waals surface area contributed by atoms with E-state index in [1.54, 1.807) is 30.5 Å². The van der Waals surface area contributed by atoms with E-state index in [1.165, 1.54) is 12.8 Å². The fraction of sp³-hybridized carbons (Fsp3) is 0.474. The van der Waals surface area contributed by atoms with Gasteiger partial charge in [0, 0.05) is 25.0 Å². The molecule has 0 radical (unpaired) electrons. The summed E-state index contributed by atoms with van der Waals surface area (Å²) in [4.78, 5) is 2.35. The van der Waals surface area contributed by atoms with Crippen LogP contribution >= 0.6 is 0 Å². The summed E-state index contributed by atoms with van der Waals surface area (Å²) < 4.78 is 7.61. The second kappa shape index (κ2) is 8.65. The van der Waals surface area contributed by atoms with Crippen LogP contribution in [0.4, 0.5) is 0 Å². The van der Waals surface area contributed by atoms with E-state index in [9.17, 15) is 5.11 Å². The summed E-state index contributed by atoms with van der Waals surface area (Å²) in [6, 6.07) is 11.4. The van der Waals surface area contributed by atoms with Gasteiger partial charge in [0.2, 0.25) is 0 Å². The lowest BCUT2D eigenvalue weighted by Gasteiger charge is -2.36. The van der Waals surface area contributed by atoms with E-state index in [0.29, 0.717) is 23.9 Å². The number of rotatable bonds is 7. The molecule has 6 heteroatoms. The van der Waals surface area contributed by atoms with Crippen molar-refractivity contribution in [2.75, 3.05) is 19.7 Å². The first-order valence-electron chi connectivity index (χ1n) is 8.77. The molecule has 0 aliphatic carbocycles. The zero-order chi connectivity index (χ0) is 17.5. The number of ether oxygens (including phenoxy) is 1. The highest BCUT2D eigenvalue weighted by Crippen LogP contribution is 2.19. The predicted octanol–water partition coefficient (Wildman–Crippen LogP) is 2.05. The zero-order valence-electron chi connectivity index (χ0n) is 14.3. The summed E-state index contributed by atoms with van der Waals surface area (Å²) in [5.41, 5.74) is 0.600. The first-order valence-corrected chi connectivity index (χ1v) is 8.77. The van der Waals surface area contributed by atoms with Crippen LogP contribution in [-0.2, 0) is 6.54 Å². The van der Waals surface area contributed by atoms with E-state index >= 15 is 0 Å². The summed E-state index contributed by atoms with van der Waals surface area (Å²) in [5.74, 6) is 0.671. The third kappa shape index (κ3) is 5.05. The van der Waals surface area contributed by atoms with E-state index in [2.05, 4.69) is 16.1 Å². The molecule has 1 saturated heterocycles. The maximum absolute atomic E-state index is 10.4. The maximum atomic E-state index is 10.4. The molecule has 1 fully saturated rings. The Morgan fingerprint density at radius 3 is 2.88 bits per heavy atom. The molecule has 0 saturated carbocycles. The minimum Gasteiger partial charge on any atom is -0.491 e. The third-order valence-corrected chi connectivity index (χ3v) is 4.58. The van der Waals surface area contributed by atoms with E-state index in [4.69, 9.17) is 10.00 Å². The number of piperidine rings is 1. The fourth-order valence-corrected chi connectivity index (χ4v) is 3.27. The van der Waals surface area contributed by atoms with Crippen molar-refractivity contribution >= 4 is 0 Å². The topological polar surface area (TPSA) is 74.3 Å². The van der Waals surface area contributed by atoms with Crippen LogP contribution in [-0.4, -0.2) is 51.6 Å². The minimum atomic E-state index is -0.547. The molecule has 1 N–H and O–H groups in total. The van der Waals surface area contributed by atoms with Crippen LogP contribution in [0.15, 0.2) is 42.7 Å². The van der Waals surface area contributed by atoms with E-state index < -0.39 is 6.10 Å². The molecule has 1 aromatic heterocycles.